The maximum atomic E-state index is 12.6. The van der Waals surface area contributed by atoms with Crippen molar-refractivity contribution < 1.29 is 18.0 Å². The van der Waals surface area contributed by atoms with Gasteiger partial charge in [0.2, 0.25) is 5.91 Å². The molecule has 0 aliphatic carbocycles. The van der Waals surface area contributed by atoms with Crippen LogP contribution in [0.25, 0.3) is 0 Å². The van der Waals surface area contributed by atoms with Crippen LogP contribution < -0.4 is 5.73 Å². The first kappa shape index (κ1) is 15.3. The first-order chi connectivity index (χ1) is 8.34. The molecular formula is C12H21F3N2O. The minimum atomic E-state index is -4.20. The molecule has 18 heavy (non-hydrogen) atoms. The lowest BCUT2D eigenvalue weighted by Gasteiger charge is -2.34. The second-order valence-electron chi connectivity index (χ2n) is 4.97. The molecule has 1 aliphatic rings. The molecule has 1 heterocycles. The van der Waals surface area contributed by atoms with Crippen LogP contribution in [0.15, 0.2) is 0 Å². The van der Waals surface area contributed by atoms with Crippen molar-refractivity contribution in [3.05, 3.63) is 0 Å². The van der Waals surface area contributed by atoms with E-state index in [9.17, 15) is 18.0 Å². The van der Waals surface area contributed by atoms with Crippen LogP contribution in [0.3, 0.4) is 0 Å². The molecule has 0 aromatic rings. The summed E-state index contributed by atoms with van der Waals surface area (Å²) >= 11 is 0. The highest BCUT2D eigenvalue weighted by Gasteiger charge is 2.42. The van der Waals surface area contributed by atoms with Crippen molar-refractivity contribution in [2.24, 2.45) is 11.7 Å². The Morgan fingerprint density at radius 1 is 1.50 bits per heavy atom. The number of nitrogens with zero attached hydrogens (tertiary/aromatic N) is 1. The Morgan fingerprint density at radius 2 is 2.17 bits per heavy atom. The molecule has 1 rings (SSSR count). The quantitative estimate of drug-likeness (QED) is 0.848. The van der Waals surface area contributed by atoms with Gasteiger partial charge < -0.3 is 10.6 Å². The molecule has 2 N–H and O–H groups in total. The van der Waals surface area contributed by atoms with E-state index in [2.05, 4.69) is 0 Å². The van der Waals surface area contributed by atoms with E-state index in [1.807, 2.05) is 6.92 Å². The second kappa shape index (κ2) is 6.41. The summed E-state index contributed by atoms with van der Waals surface area (Å²) in [6.45, 7) is 2.18. The van der Waals surface area contributed by atoms with Gasteiger partial charge in [0.1, 0.15) is 0 Å². The first-order valence-corrected chi connectivity index (χ1v) is 6.44. The zero-order chi connectivity index (χ0) is 13.8. The summed E-state index contributed by atoms with van der Waals surface area (Å²) in [6.07, 6.45) is -1.92. The van der Waals surface area contributed by atoms with Gasteiger partial charge in [0.25, 0.3) is 0 Å². The minimum Gasteiger partial charge on any atom is -0.342 e. The number of rotatable bonds is 4. The number of carbonyl (C=O) groups excluding carboxylic acids is 1. The first-order valence-electron chi connectivity index (χ1n) is 6.44. The molecule has 0 saturated carbocycles. The maximum absolute atomic E-state index is 12.6. The van der Waals surface area contributed by atoms with Crippen molar-refractivity contribution >= 4 is 5.91 Å². The number of piperidine rings is 1. The highest BCUT2D eigenvalue weighted by molar-refractivity contribution is 5.76. The van der Waals surface area contributed by atoms with Gasteiger partial charge in [-0.05, 0) is 19.3 Å². The third-order valence-electron chi connectivity index (χ3n) is 3.33. The summed E-state index contributed by atoms with van der Waals surface area (Å²) in [7, 11) is 0. The fraction of sp³-hybridized carbons (Fsp3) is 0.917. The van der Waals surface area contributed by atoms with Crippen molar-refractivity contribution in [2.45, 2.75) is 51.2 Å². The van der Waals surface area contributed by atoms with E-state index in [1.54, 1.807) is 0 Å². The predicted molar refractivity (Wildman–Crippen MR) is 62.9 cm³/mol. The number of nitrogens with two attached hydrogens (primary N) is 1. The molecule has 3 nitrogen and oxygen atoms in total. The van der Waals surface area contributed by atoms with Gasteiger partial charge in [-0.1, -0.05) is 13.3 Å². The lowest BCUT2D eigenvalue weighted by atomic mass is 9.97. The van der Waals surface area contributed by atoms with Crippen molar-refractivity contribution in [2.75, 3.05) is 13.1 Å². The average molecular weight is 266 g/mol. The standard InChI is InChI=1S/C12H21F3N2O/c1-2-4-10(16)7-11(18)17-6-3-5-9(8-17)12(13,14)15/h9-10H,2-8,16H2,1H3. The maximum Gasteiger partial charge on any atom is 0.393 e. The van der Waals surface area contributed by atoms with E-state index in [0.29, 0.717) is 13.0 Å². The van der Waals surface area contributed by atoms with Crippen molar-refractivity contribution in [3.8, 4) is 0 Å². The Bertz CT molecular complexity index is 281. The zero-order valence-corrected chi connectivity index (χ0v) is 10.7. The molecule has 0 spiro atoms. The molecule has 106 valence electrons. The predicted octanol–water partition coefficient (Wildman–Crippen LogP) is 2.30. The normalized spacial score (nSPS) is 22.9. The highest BCUT2D eigenvalue weighted by Crippen LogP contribution is 2.33. The zero-order valence-electron chi connectivity index (χ0n) is 10.7. The van der Waals surface area contributed by atoms with Crippen LogP contribution in [-0.4, -0.2) is 36.1 Å². The smallest absolute Gasteiger partial charge is 0.342 e. The summed E-state index contributed by atoms with van der Waals surface area (Å²) in [5.74, 6) is -1.62. The van der Waals surface area contributed by atoms with Crippen LogP contribution >= 0.6 is 0 Å². The van der Waals surface area contributed by atoms with Gasteiger partial charge in [-0.3, -0.25) is 4.79 Å². The molecule has 1 aliphatic heterocycles. The molecule has 0 aromatic carbocycles. The van der Waals surface area contributed by atoms with Gasteiger partial charge >= 0.3 is 6.18 Å². The van der Waals surface area contributed by atoms with Crippen molar-refractivity contribution in [1.82, 2.24) is 4.90 Å². The van der Waals surface area contributed by atoms with E-state index in [4.69, 9.17) is 5.73 Å². The molecule has 6 heteroatoms. The Hall–Kier alpha value is -0.780. The molecule has 0 radical (unpaired) electrons. The Labute approximate surface area is 106 Å². The molecule has 1 fully saturated rings. The van der Waals surface area contributed by atoms with E-state index in [0.717, 1.165) is 12.8 Å². The number of likely N-dealkylation sites (tertiary alicyclic amines) is 1. The molecule has 0 aromatic heterocycles. The third-order valence-corrected chi connectivity index (χ3v) is 3.33. The van der Waals surface area contributed by atoms with E-state index >= 15 is 0 Å². The Balaban J connectivity index is 2.48. The second-order valence-corrected chi connectivity index (χ2v) is 4.97. The number of hydrogen-bond donors (Lipinski definition) is 1. The third kappa shape index (κ3) is 4.48. The van der Waals surface area contributed by atoms with Gasteiger partial charge in [0.15, 0.2) is 0 Å². The summed E-state index contributed by atoms with van der Waals surface area (Å²) in [6, 6.07) is -0.242. The van der Waals surface area contributed by atoms with E-state index in [1.165, 1.54) is 4.90 Å². The molecular weight excluding hydrogens is 245 g/mol. The number of hydrogen-bond acceptors (Lipinski definition) is 2. The van der Waals surface area contributed by atoms with Gasteiger partial charge in [0.05, 0.1) is 5.92 Å². The molecule has 0 bridgehead atoms. The van der Waals surface area contributed by atoms with Gasteiger partial charge in [-0.15, -0.1) is 0 Å². The molecule has 1 saturated heterocycles. The van der Waals surface area contributed by atoms with Crippen LogP contribution in [0.4, 0.5) is 13.2 Å². The number of amides is 1. The fourth-order valence-corrected chi connectivity index (χ4v) is 2.30. The van der Waals surface area contributed by atoms with Gasteiger partial charge in [0, 0.05) is 25.6 Å². The van der Waals surface area contributed by atoms with Crippen molar-refractivity contribution in [1.29, 1.82) is 0 Å². The van der Waals surface area contributed by atoms with Crippen LogP contribution in [0.2, 0.25) is 0 Å². The van der Waals surface area contributed by atoms with Crippen molar-refractivity contribution in [3.63, 3.8) is 0 Å². The summed E-state index contributed by atoms with van der Waals surface area (Å²) < 4.78 is 37.8. The largest absolute Gasteiger partial charge is 0.393 e. The van der Waals surface area contributed by atoms with Crippen LogP contribution in [0.5, 0.6) is 0 Å². The number of halogens is 3. The highest BCUT2D eigenvalue weighted by atomic mass is 19.4. The monoisotopic (exact) mass is 266 g/mol. The SMILES string of the molecule is CCCC(N)CC(=O)N1CCCC(C(F)(F)F)C1. The number of carbonyl (C=O) groups is 1. The Morgan fingerprint density at radius 3 is 2.72 bits per heavy atom. The molecule has 2 atom stereocenters. The Kier molecular flexibility index (Phi) is 5.44. The summed E-state index contributed by atoms with van der Waals surface area (Å²) in [5.41, 5.74) is 5.74. The average Bonchev–Trinajstić information content (AvgIpc) is 2.28. The minimum absolute atomic E-state index is 0.119. The molecule has 1 amide bonds. The summed E-state index contributed by atoms with van der Waals surface area (Å²) in [4.78, 5) is 13.2. The van der Waals surface area contributed by atoms with E-state index in [-0.39, 0.29) is 31.3 Å². The van der Waals surface area contributed by atoms with Gasteiger partial charge in [-0.25, -0.2) is 0 Å². The van der Waals surface area contributed by atoms with Crippen LogP contribution in [-0.2, 0) is 4.79 Å². The van der Waals surface area contributed by atoms with Crippen LogP contribution in [0.1, 0.15) is 39.0 Å². The number of alkyl halides is 3. The fourth-order valence-electron chi connectivity index (χ4n) is 2.30. The lowest BCUT2D eigenvalue weighted by Crippen LogP contribution is -2.46. The van der Waals surface area contributed by atoms with E-state index < -0.39 is 12.1 Å². The summed E-state index contributed by atoms with van der Waals surface area (Å²) in [5, 5.41) is 0. The topological polar surface area (TPSA) is 46.3 Å². The molecule has 2 unspecified atom stereocenters. The lowest BCUT2D eigenvalue weighted by molar-refractivity contribution is -0.188. The van der Waals surface area contributed by atoms with Crippen LogP contribution in [0, 0.1) is 5.92 Å². The van der Waals surface area contributed by atoms with Gasteiger partial charge in [-0.2, -0.15) is 13.2 Å².